The summed E-state index contributed by atoms with van der Waals surface area (Å²) in [5, 5.41) is 9.03. The fraction of sp³-hybridized carbons (Fsp3) is 0.462. The molecule has 0 heterocycles. The zero-order chi connectivity index (χ0) is 16.0. The molecule has 7 nitrogen and oxygen atoms in total. The topological polar surface area (TPSA) is 105 Å². The van der Waals surface area contributed by atoms with E-state index in [-0.39, 0.29) is 6.54 Å². The van der Waals surface area contributed by atoms with Crippen LogP contribution in [0.1, 0.15) is 18.1 Å². The van der Waals surface area contributed by atoms with E-state index >= 15 is 0 Å². The van der Waals surface area contributed by atoms with E-state index < -0.39 is 28.3 Å². The van der Waals surface area contributed by atoms with Crippen molar-refractivity contribution in [2.45, 2.75) is 32.5 Å². The van der Waals surface area contributed by atoms with Gasteiger partial charge in [0, 0.05) is 13.7 Å². The summed E-state index contributed by atoms with van der Waals surface area (Å²) in [5.74, 6) is -1.30. The molecule has 2 atom stereocenters. The highest BCUT2D eigenvalue weighted by atomic mass is 32.2. The first-order valence-corrected chi connectivity index (χ1v) is 7.81. The lowest BCUT2D eigenvalue weighted by Crippen LogP contribution is -2.51. The SMILES string of the molecule is CO[C@H](C)[C@H](NS(=O)(=O)NCc1cccc(C)c1)C(=O)O. The van der Waals surface area contributed by atoms with Crippen LogP contribution in [0.2, 0.25) is 0 Å². The van der Waals surface area contributed by atoms with Crippen molar-refractivity contribution in [3.63, 3.8) is 0 Å². The summed E-state index contributed by atoms with van der Waals surface area (Å²) in [4.78, 5) is 11.1. The molecule has 0 spiro atoms. The molecule has 0 aliphatic rings. The molecule has 1 rings (SSSR count). The number of benzene rings is 1. The molecule has 0 fully saturated rings. The van der Waals surface area contributed by atoms with Crippen LogP contribution in [-0.4, -0.2) is 38.7 Å². The number of aryl methyl sites for hydroxylation is 1. The zero-order valence-corrected chi connectivity index (χ0v) is 13.0. The average molecular weight is 316 g/mol. The van der Waals surface area contributed by atoms with Gasteiger partial charge in [0.2, 0.25) is 0 Å². The Morgan fingerprint density at radius 3 is 2.62 bits per heavy atom. The molecule has 0 aliphatic carbocycles. The summed E-state index contributed by atoms with van der Waals surface area (Å²) >= 11 is 0. The monoisotopic (exact) mass is 316 g/mol. The Bertz CT molecular complexity index is 588. The smallest absolute Gasteiger partial charge is 0.324 e. The van der Waals surface area contributed by atoms with Gasteiger partial charge < -0.3 is 9.84 Å². The van der Waals surface area contributed by atoms with Crippen LogP contribution in [0.3, 0.4) is 0 Å². The first-order valence-electron chi connectivity index (χ1n) is 6.33. The Kier molecular flexibility index (Phi) is 6.28. The lowest BCUT2D eigenvalue weighted by atomic mass is 10.1. The molecule has 3 N–H and O–H groups in total. The number of carboxylic acids is 1. The van der Waals surface area contributed by atoms with Gasteiger partial charge >= 0.3 is 5.97 Å². The Morgan fingerprint density at radius 2 is 2.10 bits per heavy atom. The molecular formula is C13H20N2O5S. The van der Waals surface area contributed by atoms with E-state index in [4.69, 9.17) is 9.84 Å². The molecular weight excluding hydrogens is 296 g/mol. The van der Waals surface area contributed by atoms with Gasteiger partial charge in [-0.15, -0.1) is 0 Å². The van der Waals surface area contributed by atoms with E-state index in [1.807, 2.05) is 25.1 Å². The van der Waals surface area contributed by atoms with E-state index in [1.54, 1.807) is 6.07 Å². The molecule has 118 valence electrons. The van der Waals surface area contributed by atoms with Gasteiger partial charge in [0.05, 0.1) is 6.10 Å². The molecule has 0 aromatic heterocycles. The highest BCUT2D eigenvalue weighted by Crippen LogP contribution is 2.04. The molecule has 0 unspecified atom stereocenters. The first-order chi connectivity index (χ1) is 9.75. The molecule has 8 heteroatoms. The van der Waals surface area contributed by atoms with Crippen LogP contribution in [0, 0.1) is 6.92 Å². The van der Waals surface area contributed by atoms with Crippen LogP contribution in [0.4, 0.5) is 0 Å². The largest absolute Gasteiger partial charge is 0.480 e. The fourth-order valence-electron chi connectivity index (χ4n) is 1.69. The second-order valence-corrected chi connectivity index (χ2v) is 6.22. The molecule has 1 aromatic rings. The van der Waals surface area contributed by atoms with E-state index in [0.717, 1.165) is 11.1 Å². The van der Waals surface area contributed by atoms with Crippen molar-refractivity contribution >= 4 is 16.2 Å². The lowest BCUT2D eigenvalue weighted by Gasteiger charge is -2.20. The number of carbonyl (C=O) groups is 1. The van der Waals surface area contributed by atoms with Crippen LogP contribution >= 0.6 is 0 Å². The number of hydrogen-bond acceptors (Lipinski definition) is 4. The van der Waals surface area contributed by atoms with Crippen molar-refractivity contribution in [3.05, 3.63) is 35.4 Å². The summed E-state index contributed by atoms with van der Waals surface area (Å²) in [6, 6.07) is 5.98. The second kappa shape index (κ2) is 7.51. The average Bonchev–Trinajstić information content (AvgIpc) is 2.42. The maximum absolute atomic E-state index is 11.9. The molecule has 0 saturated heterocycles. The lowest BCUT2D eigenvalue weighted by molar-refractivity contribution is -0.142. The maximum Gasteiger partial charge on any atom is 0.324 e. The number of ether oxygens (including phenoxy) is 1. The van der Waals surface area contributed by atoms with Crippen LogP contribution in [0.25, 0.3) is 0 Å². The second-order valence-electron chi connectivity index (χ2n) is 4.69. The zero-order valence-electron chi connectivity index (χ0n) is 12.2. The van der Waals surface area contributed by atoms with Gasteiger partial charge in [-0.2, -0.15) is 17.9 Å². The van der Waals surface area contributed by atoms with Crippen molar-refractivity contribution < 1.29 is 23.1 Å². The van der Waals surface area contributed by atoms with Crippen molar-refractivity contribution in [1.29, 1.82) is 0 Å². The molecule has 0 saturated carbocycles. The number of aliphatic carboxylic acids is 1. The quantitative estimate of drug-likeness (QED) is 0.644. The summed E-state index contributed by atoms with van der Waals surface area (Å²) in [6.45, 7) is 3.45. The first kappa shape index (κ1) is 17.6. The third-order valence-corrected chi connectivity index (χ3v) is 4.03. The molecule has 0 bridgehead atoms. The predicted octanol–water partition coefficient (Wildman–Crippen LogP) is 0.407. The van der Waals surface area contributed by atoms with Gasteiger partial charge in [-0.1, -0.05) is 29.8 Å². The van der Waals surface area contributed by atoms with Gasteiger partial charge in [-0.25, -0.2) is 0 Å². The van der Waals surface area contributed by atoms with Crippen LogP contribution < -0.4 is 9.44 Å². The Labute approximate surface area is 124 Å². The fourth-order valence-corrected chi connectivity index (χ4v) is 2.76. The standard InChI is InChI=1S/C13H20N2O5S/c1-9-5-4-6-11(7-9)8-14-21(18,19)15-12(13(16)17)10(2)20-3/h4-7,10,12,14-15H,8H2,1-3H3,(H,16,17)/t10-,12+/m1/s1. The van der Waals surface area contributed by atoms with Crippen LogP contribution in [0.15, 0.2) is 24.3 Å². The Morgan fingerprint density at radius 1 is 1.43 bits per heavy atom. The minimum absolute atomic E-state index is 0.0741. The number of methoxy groups -OCH3 is 1. The van der Waals surface area contributed by atoms with Gasteiger partial charge in [0.1, 0.15) is 6.04 Å². The van der Waals surface area contributed by atoms with Crippen molar-refractivity contribution in [1.82, 2.24) is 9.44 Å². The van der Waals surface area contributed by atoms with Crippen LogP contribution in [-0.2, 0) is 26.3 Å². The molecule has 21 heavy (non-hydrogen) atoms. The molecule has 0 aliphatic heterocycles. The third kappa shape index (κ3) is 5.80. The van der Waals surface area contributed by atoms with Gasteiger partial charge in [-0.05, 0) is 19.4 Å². The van der Waals surface area contributed by atoms with Crippen LogP contribution in [0.5, 0.6) is 0 Å². The predicted molar refractivity (Wildman–Crippen MR) is 78.0 cm³/mol. The molecule has 0 radical (unpaired) electrons. The highest BCUT2D eigenvalue weighted by molar-refractivity contribution is 7.87. The van der Waals surface area contributed by atoms with Crippen molar-refractivity contribution in [3.8, 4) is 0 Å². The van der Waals surface area contributed by atoms with Crippen molar-refractivity contribution in [2.24, 2.45) is 0 Å². The normalized spacial score (nSPS) is 14.6. The number of hydrogen-bond donors (Lipinski definition) is 3. The van der Waals surface area contributed by atoms with E-state index in [2.05, 4.69) is 9.44 Å². The molecule has 1 aromatic carbocycles. The highest BCUT2D eigenvalue weighted by Gasteiger charge is 2.29. The van der Waals surface area contributed by atoms with E-state index in [1.165, 1.54) is 14.0 Å². The van der Waals surface area contributed by atoms with Gasteiger partial charge in [-0.3, -0.25) is 4.79 Å². The Balaban J connectivity index is 2.70. The minimum Gasteiger partial charge on any atom is -0.480 e. The number of rotatable bonds is 8. The van der Waals surface area contributed by atoms with Crippen molar-refractivity contribution in [2.75, 3.05) is 7.11 Å². The Hall–Kier alpha value is -1.48. The summed E-state index contributed by atoms with van der Waals surface area (Å²) < 4.78 is 33.0. The summed E-state index contributed by atoms with van der Waals surface area (Å²) in [6.07, 6.45) is -0.793. The summed E-state index contributed by atoms with van der Waals surface area (Å²) in [7, 11) is -2.64. The maximum atomic E-state index is 11.9. The summed E-state index contributed by atoms with van der Waals surface area (Å²) in [5.41, 5.74) is 1.79. The van der Waals surface area contributed by atoms with Gasteiger partial charge in [0.25, 0.3) is 10.2 Å². The van der Waals surface area contributed by atoms with E-state index in [0.29, 0.717) is 0 Å². The number of carboxylic acid groups (broad SMARTS) is 1. The molecule has 0 amide bonds. The van der Waals surface area contributed by atoms with Gasteiger partial charge in [0.15, 0.2) is 0 Å². The third-order valence-electron chi connectivity index (χ3n) is 2.94. The van der Waals surface area contributed by atoms with E-state index in [9.17, 15) is 13.2 Å². The number of nitrogens with one attached hydrogen (secondary N) is 2. The minimum atomic E-state index is -3.95.